The Kier molecular flexibility index (Phi) is 4.89. The van der Waals surface area contributed by atoms with Crippen molar-refractivity contribution in [2.24, 2.45) is 0 Å². The topological polar surface area (TPSA) is 65.9 Å². The molecule has 1 N–H and O–H groups in total. The van der Waals surface area contributed by atoms with Crippen molar-refractivity contribution in [3.63, 3.8) is 0 Å². The molecule has 24 heavy (non-hydrogen) atoms. The number of carboxylic acid groups (broad SMARTS) is 1. The van der Waals surface area contributed by atoms with Crippen LogP contribution >= 0.6 is 11.3 Å². The number of aryl methyl sites for hydroxylation is 1. The van der Waals surface area contributed by atoms with Gasteiger partial charge in [-0.3, -0.25) is 0 Å². The van der Waals surface area contributed by atoms with Gasteiger partial charge in [0.1, 0.15) is 10.6 Å². The number of hydrogen-bond donors (Lipinski definition) is 1. The minimum absolute atomic E-state index is 0.328. The molecule has 0 atom stereocenters. The van der Waals surface area contributed by atoms with E-state index in [0.717, 1.165) is 42.7 Å². The number of thiazole rings is 1. The van der Waals surface area contributed by atoms with Crippen molar-refractivity contribution >= 4 is 28.1 Å². The van der Waals surface area contributed by atoms with Gasteiger partial charge in [-0.15, -0.1) is 0 Å². The van der Waals surface area contributed by atoms with Crippen LogP contribution < -0.4 is 14.5 Å². The second-order valence-corrected chi connectivity index (χ2v) is 6.57. The number of ether oxygens (including phenoxy) is 1. The fraction of sp³-hybridized carbons (Fsp3) is 0.412. The van der Waals surface area contributed by atoms with E-state index in [1.807, 2.05) is 25.1 Å². The SMILES string of the molecule is CCOc1ccccc1N1CCN(c2nc(C)c(C(=O)O)s2)CC1. The molecule has 1 aliphatic rings. The summed E-state index contributed by atoms with van der Waals surface area (Å²) in [5.41, 5.74) is 1.70. The van der Waals surface area contributed by atoms with Crippen LogP contribution in [-0.2, 0) is 0 Å². The Morgan fingerprint density at radius 3 is 2.54 bits per heavy atom. The number of piperazine rings is 1. The fourth-order valence-electron chi connectivity index (χ4n) is 2.85. The van der Waals surface area contributed by atoms with Crippen LogP contribution in [0.15, 0.2) is 24.3 Å². The van der Waals surface area contributed by atoms with E-state index in [2.05, 4.69) is 20.9 Å². The first kappa shape index (κ1) is 16.6. The lowest BCUT2D eigenvalue weighted by atomic mass is 10.2. The van der Waals surface area contributed by atoms with Gasteiger partial charge >= 0.3 is 5.97 Å². The standard InChI is InChI=1S/C17H21N3O3S/c1-3-23-14-7-5-4-6-13(14)19-8-10-20(11-9-19)17-18-12(2)15(24-17)16(21)22/h4-7H,3,8-11H2,1-2H3,(H,21,22). The lowest BCUT2D eigenvalue weighted by Crippen LogP contribution is -2.46. The summed E-state index contributed by atoms with van der Waals surface area (Å²) in [7, 11) is 0. The van der Waals surface area contributed by atoms with Gasteiger partial charge in [-0.05, 0) is 26.0 Å². The third-order valence-corrected chi connectivity index (χ3v) is 5.24. The molecule has 1 aromatic heterocycles. The molecule has 2 heterocycles. The quantitative estimate of drug-likeness (QED) is 0.897. The minimum atomic E-state index is -0.902. The predicted octanol–water partition coefficient (Wildman–Crippen LogP) is 2.88. The van der Waals surface area contributed by atoms with Gasteiger partial charge in [0, 0.05) is 26.2 Å². The lowest BCUT2D eigenvalue weighted by Gasteiger charge is -2.36. The molecule has 0 aliphatic carbocycles. The second-order valence-electron chi connectivity index (χ2n) is 5.59. The molecule has 2 aromatic rings. The molecule has 1 fully saturated rings. The number of anilines is 2. The molecule has 0 radical (unpaired) electrons. The van der Waals surface area contributed by atoms with Crippen LogP contribution in [0.5, 0.6) is 5.75 Å². The summed E-state index contributed by atoms with van der Waals surface area (Å²) in [6.45, 7) is 7.71. The number of nitrogens with zero attached hydrogens (tertiary/aromatic N) is 3. The molecule has 6 nitrogen and oxygen atoms in total. The Hall–Kier alpha value is -2.28. The Morgan fingerprint density at radius 2 is 1.92 bits per heavy atom. The van der Waals surface area contributed by atoms with E-state index >= 15 is 0 Å². The molecule has 1 saturated heterocycles. The van der Waals surface area contributed by atoms with Crippen LogP contribution in [-0.4, -0.2) is 48.8 Å². The highest BCUT2D eigenvalue weighted by molar-refractivity contribution is 7.17. The molecule has 0 bridgehead atoms. The molecular weight excluding hydrogens is 326 g/mol. The van der Waals surface area contributed by atoms with Crippen molar-refractivity contribution in [3.8, 4) is 5.75 Å². The van der Waals surface area contributed by atoms with Crippen LogP contribution in [0.4, 0.5) is 10.8 Å². The summed E-state index contributed by atoms with van der Waals surface area (Å²) in [5.74, 6) is 0.00670. The first-order valence-electron chi connectivity index (χ1n) is 8.02. The minimum Gasteiger partial charge on any atom is -0.492 e. The molecule has 0 spiro atoms. The highest BCUT2D eigenvalue weighted by Crippen LogP contribution is 2.31. The van der Waals surface area contributed by atoms with Gasteiger partial charge in [0.2, 0.25) is 0 Å². The zero-order valence-corrected chi connectivity index (χ0v) is 14.7. The number of carbonyl (C=O) groups is 1. The monoisotopic (exact) mass is 347 g/mol. The maximum absolute atomic E-state index is 11.2. The van der Waals surface area contributed by atoms with E-state index in [-0.39, 0.29) is 0 Å². The summed E-state index contributed by atoms with van der Waals surface area (Å²) >= 11 is 1.25. The number of hydrogen-bond acceptors (Lipinski definition) is 6. The molecule has 3 rings (SSSR count). The van der Waals surface area contributed by atoms with Crippen molar-refractivity contribution in [1.82, 2.24) is 4.98 Å². The number of aromatic nitrogens is 1. The van der Waals surface area contributed by atoms with E-state index in [1.54, 1.807) is 6.92 Å². The van der Waals surface area contributed by atoms with Gasteiger partial charge in [0.05, 0.1) is 18.0 Å². The Morgan fingerprint density at radius 1 is 1.25 bits per heavy atom. The van der Waals surface area contributed by atoms with Gasteiger partial charge in [0.15, 0.2) is 5.13 Å². The van der Waals surface area contributed by atoms with Crippen molar-refractivity contribution in [2.45, 2.75) is 13.8 Å². The number of para-hydroxylation sites is 2. The van der Waals surface area contributed by atoms with Crippen LogP contribution in [0.2, 0.25) is 0 Å². The van der Waals surface area contributed by atoms with Gasteiger partial charge in [-0.25, -0.2) is 9.78 Å². The number of aromatic carboxylic acids is 1. The average molecular weight is 347 g/mol. The van der Waals surface area contributed by atoms with E-state index in [9.17, 15) is 9.90 Å². The highest BCUT2D eigenvalue weighted by atomic mass is 32.1. The van der Waals surface area contributed by atoms with E-state index in [1.165, 1.54) is 11.3 Å². The van der Waals surface area contributed by atoms with Crippen LogP contribution in [0.1, 0.15) is 22.3 Å². The number of carboxylic acids is 1. The number of rotatable bonds is 5. The van der Waals surface area contributed by atoms with Gasteiger partial charge in [-0.1, -0.05) is 23.5 Å². The second kappa shape index (κ2) is 7.09. The average Bonchev–Trinajstić information content (AvgIpc) is 2.98. The Balaban J connectivity index is 1.70. The third-order valence-electron chi connectivity index (χ3n) is 4.04. The van der Waals surface area contributed by atoms with Crippen molar-refractivity contribution in [3.05, 3.63) is 34.8 Å². The Bertz CT molecular complexity index is 724. The maximum Gasteiger partial charge on any atom is 0.347 e. The molecule has 7 heteroatoms. The van der Waals surface area contributed by atoms with Gasteiger partial charge in [0.25, 0.3) is 0 Å². The zero-order valence-electron chi connectivity index (χ0n) is 13.9. The lowest BCUT2D eigenvalue weighted by molar-refractivity contribution is 0.0701. The summed E-state index contributed by atoms with van der Waals surface area (Å²) < 4.78 is 5.72. The van der Waals surface area contributed by atoms with E-state index in [4.69, 9.17) is 4.74 Å². The molecule has 0 unspecified atom stereocenters. The summed E-state index contributed by atoms with van der Waals surface area (Å²) in [4.78, 5) is 20.4. The highest BCUT2D eigenvalue weighted by Gasteiger charge is 2.23. The normalized spacial score (nSPS) is 14.8. The molecule has 128 valence electrons. The summed E-state index contributed by atoms with van der Waals surface area (Å²) in [6.07, 6.45) is 0. The zero-order chi connectivity index (χ0) is 17.1. The largest absolute Gasteiger partial charge is 0.492 e. The predicted molar refractivity (Wildman–Crippen MR) is 95.8 cm³/mol. The molecule has 1 aromatic carbocycles. The smallest absolute Gasteiger partial charge is 0.347 e. The van der Waals surface area contributed by atoms with E-state index < -0.39 is 5.97 Å². The molecule has 0 amide bonds. The Labute approximate surface area is 145 Å². The first-order chi connectivity index (χ1) is 11.6. The number of benzene rings is 1. The fourth-order valence-corrected chi connectivity index (χ4v) is 3.81. The summed E-state index contributed by atoms with van der Waals surface area (Å²) in [5, 5.41) is 9.97. The van der Waals surface area contributed by atoms with Gasteiger partial charge < -0.3 is 19.6 Å². The first-order valence-corrected chi connectivity index (χ1v) is 8.84. The molecule has 1 aliphatic heterocycles. The van der Waals surface area contributed by atoms with Crippen LogP contribution in [0.25, 0.3) is 0 Å². The van der Waals surface area contributed by atoms with Crippen molar-refractivity contribution < 1.29 is 14.6 Å². The molecule has 0 saturated carbocycles. The van der Waals surface area contributed by atoms with Gasteiger partial charge in [-0.2, -0.15) is 0 Å². The van der Waals surface area contributed by atoms with Crippen LogP contribution in [0, 0.1) is 6.92 Å². The maximum atomic E-state index is 11.2. The summed E-state index contributed by atoms with van der Waals surface area (Å²) in [6, 6.07) is 8.08. The van der Waals surface area contributed by atoms with Crippen molar-refractivity contribution in [2.75, 3.05) is 42.6 Å². The third kappa shape index (κ3) is 3.31. The molecular formula is C17H21N3O3S. The van der Waals surface area contributed by atoms with Crippen molar-refractivity contribution in [1.29, 1.82) is 0 Å². The van der Waals surface area contributed by atoms with E-state index in [0.29, 0.717) is 17.2 Å². The van der Waals surface area contributed by atoms with Crippen LogP contribution in [0.3, 0.4) is 0 Å².